The highest BCUT2D eigenvalue weighted by Crippen LogP contribution is 2.16. The predicted molar refractivity (Wildman–Crippen MR) is 71.6 cm³/mol. The van der Waals surface area contributed by atoms with Crippen molar-refractivity contribution < 1.29 is 0 Å². The fourth-order valence-electron chi connectivity index (χ4n) is 2.51. The standard InChI is InChI=1S/C13H17N5/c1-9-7-18(8-10(2)16-9)12-6-15-11-4-3-5-14-13(11)17-12/h3-6,9-10,16H,7-8H2,1-2H3/t9-,10+. The smallest absolute Gasteiger partial charge is 0.180 e. The van der Waals surface area contributed by atoms with E-state index in [4.69, 9.17) is 0 Å². The van der Waals surface area contributed by atoms with Gasteiger partial charge in [0, 0.05) is 31.4 Å². The highest BCUT2D eigenvalue weighted by Gasteiger charge is 2.22. The lowest BCUT2D eigenvalue weighted by Crippen LogP contribution is -2.54. The summed E-state index contributed by atoms with van der Waals surface area (Å²) in [5, 5.41) is 3.51. The first-order valence-electron chi connectivity index (χ1n) is 6.31. The van der Waals surface area contributed by atoms with E-state index in [2.05, 4.69) is 39.0 Å². The van der Waals surface area contributed by atoms with Crippen LogP contribution in [0.25, 0.3) is 11.2 Å². The van der Waals surface area contributed by atoms with Crippen LogP contribution in [-0.2, 0) is 0 Å². The van der Waals surface area contributed by atoms with Crippen molar-refractivity contribution in [1.29, 1.82) is 0 Å². The Hall–Kier alpha value is -1.75. The predicted octanol–water partition coefficient (Wildman–Crippen LogP) is 1.21. The fraction of sp³-hybridized carbons (Fsp3) is 0.462. The van der Waals surface area contributed by atoms with Crippen molar-refractivity contribution in [3.63, 3.8) is 0 Å². The molecule has 0 aromatic carbocycles. The van der Waals surface area contributed by atoms with Crippen LogP contribution in [0.3, 0.4) is 0 Å². The van der Waals surface area contributed by atoms with Crippen molar-refractivity contribution in [2.75, 3.05) is 18.0 Å². The van der Waals surface area contributed by atoms with Crippen molar-refractivity contribution in [1.82, 2.24) is 20.3 Å². The van der Waals surface area contributed by atoms with Crippen LogP contribution in [0.1, 0.15) is 13.8 Å². The van der Waals surface area contributed by atoms with E-state index in [1.807, 2.05) is 18.3 Å². The average Bonchev–Trinajstić information content (AvgIpc) is 2.37. The third-order valence-electron chi connectivity index (χ3n) is 3.19. The van der Waals surface area contributed by atoms with E-state index in [1.165, 1.54) is 0 Å². The van der Waals surface area contributed by atoms with Gasteiger partial charge in [-0.3, -0.25) is 0 Å². The summed E-state index contributed by atoms with van der Waals surface area (Å²) in [5.74, 6) is 0.918. The Morgan fingerprint density at radius 1 is 1.22 bits per heavy atom. The third-order valence-corrected chi connectivity index (χ3v) is 3.19. The molecule has 2 aromatic rings. The minimum atomic E-state index is 0.468. The van der Waals surface area contributed by atoms with Crippen molar-refractivity contribution >= 4 is 17.0 Å². The van der Waals surface area contributed by atoms with Gasteiger partial charge in [-0.1, -0.05) is 0 Å². The van der Waals surface area contributed by atoms with Gasteiger partial charge in [0.05, 0.1) is 6.20 Å². The number of nitrogens with zero attached hydrogens (tertiary/aromatic N) is 4. The van der Waals surface area contributed by atoms with E-state index in [0.717, 1.165) is 24.4 Å². The van der Waals surface area contributed by atoms with Gasteiger partial charge in [-0.2, -0.15) is 0 Å². The van der Waals surface area contributed by atoms with Gasteiger partial charge in [0.25, 0.3) is 0 Å². The Morgan fingerprint density at radius 3 is 2.78 bits per heavy atom. The zero-order valence-corrected chi connectivity index (χ0v) is 10.7. The van der Waals surface area contributed by atoms with Gasteiger partial charge in [0.15, 0.2) is 5.65 Å². The van der Waals surface area contributed by atoms with Crippen molar-refractivity contribution in [2.45, 2.75) is 25.9 Å². The number of anilines is 1. The average molecular weight is 243 g/mol. The second kappa shape index (κ2) is 4.49. The molecule has 1 fully saturated rings. The summed E-state index contributed by atoms with van der Waals surface area (Å²) < 4.78 is 0. The molecular formula is C13H17N5. The molecule has 0 radical (unpaired) electrons. The van der Waals surface area contributed by atoms with Gasteiger partial charge in [0.2, 0.25) is 0 Å². The highest BCUT2D eigenvalue weighted by molar-refractivity contribution is 5.70. The van der Waals surface area contributed by atoms with Gasteiger partial charge in [-0.05, 0) is 26.0 Å². The maximum absolute atomic E-state index is 4.59. The molecule has 0 saturated carbocycles. The number of piperazine rings is 1. The molecule has 5 nitrogen and oxygen atoms in total. The van der Waals surface area contributed by atoms with E-state index < -0.39 is 0 Å². The molecule has 0 unspecified atom stereocenters. The molecule has 1 aliphatic rings. The van der Waals surface area contributed by atoms with Gasteiger partial charge >= 0.3 is 0 Å². The molecule has 5 heteroatoms. The lowest BCUT2D eigenvalue weighted by Gasteiger charge is -2.36. The maximum atomic E-state index is 4.59. The zero-order valence-electron chi connectivity index (χ0n) is 10.7. The molecule has 1 aliphatic heterocycles. The van der Waals surface area contributed by atoms with Crippen molar-refractivity contribution in [3.8, 4) is 0 Å². The quantitative estimate of drug-likeness (QED) is 0.816. The Kier molecular flexibility index (Phi) is 2.83. The molecule has 94 valence electrons. The highest BCUT2D eigenvalue weighted by atomic mass is 15.3. The topological polar surface area (TPSA) is 53.9 Å². The maximum Gasteiger partial charge on any atom is 0.180 e. The Labute approximate surface area is 106 Å². The number of pyridine rings is 1. The molecule has 0 bridgehead atoms. The van der Waals surface area contributed by atoms with E-state index in [9.17, 15) is 0 Å². The summed E-state index contributed by atoms with van der Waals surface area (Å²) in [6, 6.07) is 4.75. The first-order chi connectivity index (χ1) is 8.72. The Balaban J connectivity index is 1.93. The van der Waals surface area contributed by atoms with Gasteiger partial charge in [-0.25, -0.2) is 15.0 Å². The summed E-state index contributed by atoms with van der Waals surface area (Å²) in [6.45, 7) is 6.29. The number of hydrogen-bond donors (Lipinski definition) is 1. The summed E-state index contributed by atoms with van der Waals surface area (Å²) in [5.41, 5.74) is 1.56. The lowest BCUT2D eigenvalue weighted by molar-refractivity contribution is 0.405. The lowest BCUT2D eigenvalue weighted by atomic mass is 10.1. The Morgan fingerprint density at radius 2 is 2.00 bits per heavy atom. The summed E-state index contributed by atoms with van der Waals surface area (Å²) in [7, 11) is 0. The molecule has 0 spiro atoms. The normalized spacial score (nSPS) is 24.4. The van der Waals surface area contributed by atoms with Crippen LogP contribution in [-0.4, -0.2) is 40.1 Å². The molecular weight excluding hydrogens is 226 g/mol. The molecule has 18 heavy (non-hydrogen) atoms. The fourth-order valence-corrected chi connectivity index (χ4v) is 2.51. The minimum absolute atomic E-state index is 0.468. The number of nitrogens with one attached hydrogen (secondary N) is 1. The first kappa shape index (κ1) is 11.3. The number of hydrogen-bond acceptors (Lipinski definition) is 5. The van der Waals surface area contributed by atoms with Crippen LogP contribution < -0.4 is 10.2 Å². The van der Waals surface area contributed by atoms with Crippen LogP contribution >= 0.6 is 0 Å². The van der Waals surface area contributed by atoms with Gasteiger partial charge in [-0.15, -0.1) is 0 Å². The molecule has 1 saturated heterocycles. The van der Waals surface area contributed by atoms with Gasteiger partial charge < -0.3 is 10.2 Å². The zero-order chi connectivity index (χ0) is 12.5. The number of rotatable bonds is 1. The van der Waals surface area contributed by atoms with Crippen molar-refractivity contribution in [3.05, 3.63) is 24.5 Å². The molecule has 3 rings (SSSR count). The second-order valence-corrected chi connectivity index (χ2v) is 4.95. The largest absolute Gasteiger partial charge is 0.352 e. The minimum Gasteiger partial charge on any atom is -0.352 e. The third kappa shape index (κ3) is 2.13. The monoisotopic (exact) mass is 243 g/mol. The Bertz CT molecular complexity index is 546. The molecule has 2 atom stereocenters. The van der Waals surface area contributed by atoms with Crippen LogP contribution in [0, 0.1) is 0 Å². The van der Waals surface area contributed by atoms with E-state index in [0.29, 0.717) is 17.7 Å². The van der Waals surface area contributed by atoms with Crippen LogP contribution in [0.15, 0.2) is 24.5 Å². The van der Waals surface area contributed by atoms with Crippen molar-refractivity contribution in [2.24, 2.45) is 0 Å². The van der Waals surface area contributed by atoms with Crippen LogP contribution in [0.2, 0.25) is 0 Å². The summed E-state index contributed by atoms with van der Waals surface area (Å²) in [6.07, 6.45) is 3.60. The molecule has 0 amide bonds. The SMILES string of the molecule is C[C@@H]1CN(c2cnc3cccnc3n2)C[C@H](C)N1. The van der Waals surface area contributed by atoms with E-state index in [-0.39, 0.29) is 0 Å². The summed E-state index contributed by atoms with van der Waals surface area (Å²) in [4.78, 5) is 15.5. The van der Waals surface area contributed by atoms with Gasteiger partial charge in [0.1, 0.15) is 11.3 Å². The second-order valence-electron chi connectivity index (χ2n) is 4.95. The summed E-state index contributed by atoms with van der Waals surface area (Å²) >= 11 is 0. The van der Waals surface area contributed by atoms with Crippen LogP contribution in [0.5, 0.6) is 0 Å². The first-order valence-corrected chi connectivity index (χ1v) is 6.31. The van der Waals surface area contributed by atoms with E-state index in [1.54, 1.807) is 6.20 Å². The molecule has 2 aromatic heterocycles. The molecule has 0 aliphatic carbocycles. The molecule has 3 heterocycles. The molecule has 1 N–H and O–H groups in total. The number of aromatic nitrogens is 3. The van der Waals surface area contributed by atoms with Crippen LogP contribution in [0.4, 0.5) is 5.82 Å². The number of fused-ring (bicyclic) bond motifs is 1. The van der Waals surface area contributed by atoms with E-state index >= 15 is 0 Å².